The van der Waals surface area contributed by atoms with E-state index >= 15 is 0 Å². The van der Waals surface area contributed by atoms with Gasteiger partial charge in [0.05, 0.1) is 6.61 Å². The first-order chi connectivity index (χ1) is 9.44. The van der Waals surface area contributed by atoms with Crippen LogP contribution in [0.2, 0.25) is 0 Å². The Morgan fingerprint density at radius 2 is 2.35 bits per heavy atom. The first-order valence-corrected chi connectivity index (χ1v) is 6.58. The lowest BCUT2D eigenvalue weighted by molar-refractivity contribution is -0.139. The lowest BCUT2D eigenvalue weighted by atomic mass is 10.2. The van der Waals surface area contributed by atoms with Crippen LogP contribution in [0, 0.1) is 0 Å². The molecule has 3 N–H and O–H groups in total. The van der Waals surface area contributed by atoms with Crippen molar-refractivity contribution < 1.29 is 14.3 Å². The fourth-order valence-electron chi connectivity index (χ4n) is 1.97. The third kappa shape index (κ3) is 4.36. The Morgan fingerprint density at radius 1 is 1.55 bits per heavy atom. The highest BCUT2D eigenvalue weighted by Crippen LogP contribution is 2.21. The molecule has 1 unspecified atom stereocenters. The average Bonchev–Trinajstić information content (AvgIpc) is 2.74. The molecule has 108 valence electrons. The summed E-state index contributed by atoms with van der Waals surface area (Å²) < 4.78 is 11.0. The number of carbonyl (C=O) groups is 1. The molecule has 0 spiro atoms. The fourth-order valence-corrected chi connectivity index (χ4v) is 1.97. The fraction of sp³-hybridized carbons (Fsp3) is 0.400. The molecular weight excluding hydrogens is 256 g/mol. The number of rotatable bonds is 4. The van der Waals surface area contributed by atoms with Crippen LogP contribution in [-0.4, -0.2) is 30.9 Å². The van der Waals surface area contributed by atoms with Crippen molar-refractivity contribution in [1.82, 2.24) is 5.32 Å². The Bertz CT molecular complexity index is 512. The van der Waals surface area contributed by atoms with Crippen molar-refractivity contribution in [2.45, 2.75) is 25.7 Å². The lowest BCUT2D eigenvalue weighted by Gasteiger charge is -2.17. The first-order valence-electron chi connectivity index (χ1n) is 6.58. The number of hydrogen-bond donors (Lipinski definition) is 2. The van der Waals surface area contributed by atoms with Crippen LogP contribution >= 0.6 is 0 Å². The molecule has 0 aliphatic carbocycles. The highest BCUT2D eigenvalue weighted by atomic mass is 16.7. The van der Waals surface area contributed by atoms with Gasteiger partial charge in [-0.25, -0.2) is 0 Å². The van der Waals surface area contributed by atoms with Crippen LogP contribution in [0.25, 0.3) is 6.08 Å². The van der Waals surface area contributed by atoms with Crippen LogP contribution in [0.3, 0.4) is 0 Å². The van der Waals surface area contributed by atoms with Gasteiger partial charge in [-0.2, -0.15) is 0 Å². The molecule has 1 heterocycles. The van der Waals surface area contributed by atoms with Gasteiger partial charge >= 0.3 is 0 Å². The maximum atomic E-state index is 11.7. The minimum absolute atomic E-state index is 0.102. The van der Waals surface area contributed by atoms with Gasteiger partial charge in [-0.1, -0.05) is 12.1 Å². The van der Waals surface area contributed by atoms with Gasteiger partial charge in [0.15, 0.2) is 5.79 Å². The van der Waals surface area contributed by atoms with E-state index in [9.17, 15) is 4.79 Å². The Hall–Kier alpha value is -1.85. The molecule has 1 atom stereocenters. The number of benzene rings is 1. The van der Waals surface area contributed by atoms with Crippen LogP contribution in [0.15, 0.2) is 30.3 Å². The van der Waals surface area contributed by atoms with Gasteiger partial charge in [-0.15, -0.1) is 0 Å². The zero-order valence-electron chi connectivity index (χ0n) is 11.8. The third-order valence-corrected chi connectivity index (χ3v) is 2.91. The van der Waals surface area contributed by atoms with Gasteiger partial charge in [-0.3, -0.25) is 4.79 Å². The second-order valence-corrected chi connectivity index (χ2v) is 5.20. The van der Waals surface area contributed by atoms with E-state index in [1.807, 2.05) is 26.0 Å². The van der Waals surface area contributed by atoms with Gasteiger partial charge in [0.2, 0.25) is 5.91 Å². The molecule has 0 bridgehead atoms. The Balaban J connectivity index is 1.78. The molecule has 1 aromatic carbocycles. The zero-order valence-corrected chi connectivity index (χ0v) is 11.8. The van der Waals surface area contributed by atoms with E-state index in [4.69, 9.17) is 15.2 Å². The summed E-state index contributed by atoms with van der Waals surface area (Å²) in [6.07, 6.45) is 3.10. The number of anilines is 1. The van der Waals surface area contributed by atoms with E-state index in [0.717, 1.165) is 5.56 Å². The third-order valence-electron chi connectivity index (χ3n) is 2.91. The molecule has 0 radical (unpaired) electrons. The molecule has 5 heteroatoms. The second kappa shape index (κ2) is 6.07. The molecule has 1 amide bonds. The van der Waals surface area contributed by atoms with Gasteiger partial charge in [-0.05, 0) is 37.6 Å². The first kappa shape index (κ1) is 14.6. The van der Waals surface area contributed by atoms with Crippen molar-refractivity contribution in [1.29, 1.82) is 0 Å². The zero-order chi connectivity index (χ0) is 14.6. The average molecular weight is 276 g/mol. The van der Waals surface area contributed by atoms with Crippen molar-refractivity contribution in [3.63, 3.8) is 0 Å². The Kier molecular flexibility index (Phi) is 4.42. The molecule has 1 saturated heterocycles. The monoisotopic (exact) mass is 276 g/mol. The summed E-state index contributed by atoms with van der Waals surface area (Å²) in [7, 11) is 0. The van der Waals surface area contributed by atoms with E-state index < -0.39 is 5.79 Å². The summed E-state index contributed by atoms with van der Waals surface area (Å²) >= 11 is 0. The smallest absolute Gasteiger partial charge is 0.244 e. The van der Waals surface area contributed by atoms with Crippen molar-refractivity contribution in [3.8, 4) is 0 Å². The Labute approximate surface area is 118 Å². The number of nitrogens with one attached hydrogen (secondary N) is 1. The van der Waals surface area contributed by atoms with Crippen LogP contribution in [0.1, 0.15) is 19.4 Å². The number of ether oxygens (including phenoxy) is 2. The predicted molar refractivity (Wildman–Crippen MR) is 77.8 cm³/mol. The van der Waals surface area contributed by atoms with E-state index in [0.29, 0.717) is 18.8 Å². The summed E-state index contributed by atoms with van der Waals surface area (Å²) in [5, 5.41) is 2.79. The molecule has 1 fully saturated rings. The van der Waals surface area contributed by atoms with Gasteiger partial charge in [0.1, 0.15) is 6.10 Å². The van der Waals surface area contributed by atoms with Crippen molar-refractivity contribution >= 4 is 17.7 Å². The normalized spacial score (nSPS) is 21.2. The minimum Gasteiger partial charge on any atom is -0.399 e. The van der Waals surface area contributed by atoms with Crippen LogP contribution in [-0.2, 0) is 14.3 Å². The molecule has 1 aliphatic heterocycles. The van der Waals surface area contributed by atoms with E-state index in [1.165, 1.54) is 6.08 Å². The minimum atomic E-state index is -0.563. The maximum Gasteiger partial charge on any atom is 0.244 e. The predicted octanol–water partition coefficient (Wildman–Crippen LogP) is 1.55. The number of nitrogens with two attached hydrogens (primary N) is 1. The van der Waals surface area contributed by atoms with Crippen LogP contribution in [0.4, 0.5) is 5.69 Å². The molecule has 5 nitrogen and oxygen atoms in total. The maximum absolute atomic E-state index is 11.7. The lowest BCUT2D eigenvalue weighted by Crippen LogP contribution is -2.33. The van der Waals surface area contributed by atoms with Crippen molar-refractivity contribution in [3.05, 3.63) is 35.9 Å². The van der Waals surface area contributed by atoms with Crippen LogP contribution < -0.4 is 11.1 Å². The summed E-state index contributed by atoms with van der Waals surface area (Å²) in [5.74, 6) is -0.729. The van der Waals surface area contributed by atoms with Crippen molar-refractivity contribution in [2.24, 2.45) is 0 Å². The largest absolute Gasteiger partial charge is 0.399 e. The van der Waals surface area contributed by atoms with E-state index in [1.54, 1.807) is 18.2 Å². The quantitative estimate of drug-likeness (QED) is 0.646. The molecule has 20 heavy (non-hydrogen) atoms. The summed E-state index contributed by atoms with van der Waals surface area (Å²) in [6.45, 7) is 4.64. The number of nitrogen functional groups attached to an aromatic ring is 1. The summed E-state index contributed by atoms with van der Waals surface area (Å²) in [5.41, 5.74) is 7.23. The molecular formula is C15H20N2O3. The standard InChI is InChI=1S/C15H20N2O3/c1-15(2)19-10-13(20-15)9-17-14(18)7-6-11-4-3-5-12(16)8-11/h3-8,13H,9-10,16H2,1-2H3,(H,17,18)/b7-6+. The van der Waals surface area contributed by atoms with Gasteiger partial charge in [0.25, 0.3) is 0 Å². The topological polar surface area (TPSA) is 73.6 Å². The van der Waals surface area contributed by atoms with E-state index in [2.05, 4.69) is 5.32 Å². The molecule has 1 aliphatic rings. The molecule has 0 saturated carbocycles. The number of amides is 1. The summed E-state index contributed by atoms with van der Waals surface area (Å²) in [4.78, 5) is 11.7. The molecule has 0 aromatic heterocycles. The second-order valence-electron chi connectivity index (χ2n) is 5.20. The SMILES string of the molecule is CC1(C)OCC(CNC(=O)/C=C/c2cccc(N)c2)O1. The molecule has 2 rings (SSSR count). The van der Waals surface area contributed by atoms with Crippen LogP contribution in [0.5, 0.6) is 0 Å². The van der Waals surface area contributed by atoms with E-state index in [-0.39, 0.29) is 12.0 Å². The number of carbonyl (C=O) groups excluding carboxylic acids is 1. The highest BCUT2D eigenvalue weighted by molar-refractivity contribution is 5.91. The number of hydrogen-bond acceptors (Lipinski definition) is 4. The van der Waals surface area contributed by atoms with Gasteiger partial charge < -0.3 is 20.5 Å². The highest BCUT2D eigenvalue weighted by Gasteiger charge is 2.32. The molecule has 1 aromatic rings. The van der Waals surface area contributed by atoms with Gasteiger partial charge in [0, 0.05) is 18.3 Å². The van der Waals surface area contributed by atoms with Crippen molar-refractivity contribution in [2.75, 3.05) is 18.9 Å². The summed E-state index contributed by atoms with van der Waals surface area (Å²) in [6, 6.07) is 7.34. The Morgan fingerprint density at radius 3 is 3.00 bits per heavy atom.